The van der Waals surface area contributed by atoms with Crippen LogP contribution in [0.1, 0.15) is 49.5 Å². The molecule has 10 nitrogen and oxygen atoms in total. The van der Waals surface area contributed by atoms with Crippen LogP contribution in [0.5, 0.6) is 0 Å². The molecule has 1 fully saturated rings. The first-order chi connectivity index (χ1) is 18.2. The Bertz CT molecular complexity index is 1560. The van der Waals surface area contributed by atoms with Crippen LogP contribution < -0.4 is 16.4 Å². The molecule has 1 amide bonds. The predicted molar refractivity (Wildman–Crippen MR) is 149 cm³/mol. The van der Waals surface area contributed by atoms with Crippen molar-refractivity contribution >= 4 is 34.4 Å². The first-order valence-corrected chi connectivity index (χ1v) is 12.5. The number of nitrogens with one attached hydrogen (secondary N) is 3. The van der Waals surface area contributed by atoms with Gasteiger partial charge < -0.3 is 21.4 Å². The molecule has 0 unspecified atom stereocenters. The van der Waals surface area contributed by atoms with Gasteiger partial charge in [-0.2, -0.15) is 0 Å². The number of aliphatic imine (C=N–C) groups is 1. The van der Waals surface area contributed by atoms with Crippen LogP contribution in [-0.2, 0) is 0 Å². The number of amidine groups is 1. The number of pyridine rings is 1. The fraction of sp³-hybridized carbons (Fsp3) is 0.286. The summed E-state index contributed by atoms with van der Waals surface area (Å²) in [6.07, 6.45) is 8.57. The van der Waals surface area contributed by atoms with Crippen molar-refractivity contribution in [2.24, 2.45) is 16.1 Å². The Labute approximate surface area is 220 Å². The number of aromatic nitrogens is 5. The number of hydrogen-bond acceptors (Lipinski definition) is 8. The number of carbonyl (C=O) groups is 1. The molecular formula is C28H31N9O. The molecule has 0 radical (unpaired) electrons. The quantitative estimate of drug-likeness (QED) is 0.219. The van der Waals surface area contributed by atoms with Crippen molar-refractivity contribution < 1.29 is 4.79 Å². The number of benzene rings is 1. The highest BCUT2D eigenvalue weighted by Crippen LogP contribution is 2.31. The van der Waals surface area contributed by atoms with Gasteiger partial charge in [0.2, 0.25) is 0 Å². The average Bonchev–Trinajstić information content (AvgIpc) is 3.56. The summed E-state index contributed by atoms with van der Waals surface area (Å²) in [6, 6.07) is 9.50. The molecule has 5 rings (SSSR count). The van der Waals surface area contributed by atoms with Crippen LogP contribution in [0.2, 0.25) is 0 Å². The van der Waals surface area contributed by atoms with Crippen molar-refractivity contribution in [1.82, 2.24) is 30.2 Å². The monoisotopic (exact) mass is 509 g/mol. The number of allylic oxidation sites excluding steroid dienone is 1. The maximum Gasteiger partial charge on any atom is 0.256 e. The Balaban J connectivity index is 1.43. The number of aromatic amines is 1. The van der Waals surface area contributed by atoms with Gasteiger partial charge >= 0.3 is 0 Å². The van der Waals surface area contributed by atoms with Crippen LogP contribution in [-0.4, -0.2) is 42.7 Å². The summed E-state index contributed by atoms with van der Waals surface area (Å²) in [6.45, 7) is 8.05. The first kappa shape index (κ1) is 25.1. The van der Waals surface area contributed by atoms with Gasteiger partial charge in [0, 0.05) is 34.1 Å². The lowest BCUT2D eigenvalue weighted by molar-refractivity contribution is 0.0977. The number of imidazole rings is 1. The number of anilines is 2. The minimum atomic E-state index is -0.262. The molecule has 1 aromatic carbocycles. The summed E-state index contributed by atoms with van der Waals surface area (Å²) < 4.78 is 0. The van der Waals surface area contributed by atoms with Crippen LogP contribution in [0.25, 0.3) is 22.4 Å². The molecule has 3 aromatic heterocycles. The van der Waals surface area contributed by atoms with Gasteiger partial charge in [0.15, 0.2) is 5.65 Å². The number of rotatable bonds is 6. The Morgan fingerprint density at radius 3 is 2.74 bits per heavy atom. The predicted octanol–water partition coefficient (Wildman–Crippen LogP) is 4.65. The average molecular weight is 510 g/mol. The van der Waals surface area contributed by atoms with Gasteiger partial charge in [0.1, 0.15) is 29.2 Å². The SMILES string of the molecule is Cc1ccc(C(=O)NC(/C=C(\N)C(C)(C)C)=NC2CC2)cc1Nc1ncccc1-c1ncnc2nc[nH]c12. The molecule has 1 aliphatic rings. The Hall–Kier alpha value is -4.60. The van der Waals surface area contributed by atoms with Crippen molar-refractivity contribution in [3.8, 4) is 11.3 Å². The first-order valence-electron chi connectivity index (χ1n) is 12.5. The van der Waals surface area contributed by atoms with Gasteiger partial charge in [-0.15, -0.1) is 0 Å². The van der Waals surface area contributed by atoms with Gasteiger partial charge in [-0.1, -0.05) is 26.8 Å². The van der Waals surface area contributed by atoms with E-state index in [0.29, 0.717) is 34.3 Å². The number of nitrogens with two attached hydrogens (primary N) is 1. The number of H-pyrrole nitrogens is 1. The molecule has 1 saturated carbocycles. The van der Waals surface area contributed by atoms with Gasteiger partial charge in [-0.05, 0) is 55.7 Å². The van der Waals surface area contributed by atoms with E-state index in [4.69, 9.17) is 5.73 Å². The standard InChI is InChI=1S/C28H31N9O/c1-16-7-8-17(27(38)37-22(35-18-9-10-18)13-21(29)28(2,3)4)12-20(16)36-25-19(6-5-11-30-25)23-24-26(33-14-31-23)34-15-32-24/h5-8,11-15,18H,9-10,29H2,1-4H3,(H,30,36)(H,35,37,38)(H,31,32,33,34)/b21-13-. The largest absolute Gasteiger partial charge is 0.401 e. The third-order valence-electron chi connectivity index (χ3n) is 6.31. The molecule has 0 atom stereocenters. The normalized spacial score (nSPS) is 14.5. The highest BCUT2D eigenvalue weighted by Gasteiger charge is 2.23. The van der Waals surface area contributed by atoms with Gasteiger partial charge in [0.25, 0.3) is 5.91 Å². The topological polar surface area (TPSA) is 147 Å². The van der Waals surface area contributed by atoms with Crippen LogP contribution in [0, 0.1) is 12.3 Å². The van der Waals surface area contributed by atoms with E-state index in [1.807, 2.05) is 45.9 Å². The number of hydrogen-bond donors (Lipinski definition) is 4. The van der Waals surface area contributed by atoms with Gasteiger partial charge in [0.05, 0.1) is 12.4 Å². The van der Waals surface area contributed by atoms with E-state index in [0.717, 1.165) is 35.2 Å². The molecule has 0 aliphatic heterocycles. The second-order valence-corrected chi connectivity index (χ2v) is 10.4. The van der Waals surface area contributed by atoms with Crippen LogP contribution in [0.15, 0.2) is 65.9 Å². The Morgan fingerprint density at radius 2 is 1.97 bits per heavy atom. The van der Waals surface area contributed by atoms with E-state index < -0.39 is 0 Å². The molecular weight excluding hydrogens is 478 g/mol. The lowest BCUT2D eigenvalue weighted by atomic mass is 9.92. The van der Waals surface area contributed by atoms with Gasteiger partial charge in [-0.25, -0.2) is 19.9 Å². The molecule has 10 heteroatoms. The van der Waals surface area contributed by atoms with E-state index >= 15 is 0 Å². The maximum absolute atomic E-state index is 13.3. The van der Waals surface area contributed by atoms with Crippen molar-refractivity contribution in [2.45, 2.75) is 46.6 Å². The summed E-state index contributed by atoms with van der Waals surface area (Å²) >= 11 is 0. The van der Waals surface area contributed by atoms with Crippen molar-refractivity contribution in [3.05, 3.63) is 72.1 Å². The second kappa shape index (κ2) is 10.0. The van der Waals surface area contributed by atoms with E-state index in [1.54, 1.807) is 30.7 Å². The molecule has 0 spiro atoms. The summed E-state index contributed by atoms with van der Waals surface area (Å²) in [7, 11) is 0. The molecule has 4 aromatic rings. The van der Waals surface area contributed by atoms with Gasteiger partial charge in [-0.3, -0.25) is 9.79 Å². The highest BCUT2D eigenvalue weighted by atomic mass is 16.1. The fourth-order valence-corrected chi connectivity index (χ4v) is 3.75. The molecule has 38 heavy (non-hydrogen) atoms. The van der Waals surface area contributed by atoms with E-state index in [9.17, 15) is 4.79 Å². The zero-order valence-electron chi connectivity index (χ0n) is 21.9. The number of nitrogens with zero attached hydrogens (tertiary/aromatic N) is 5. The van der Waals surface area contributed by atoms with E-state index in [2.05, 4.69) is 40.5 Å². The molecule has 194 valence electrons. The second-order valence-electron chi connectivity index (χ2n) is 10.4. The van der Waals surface area contributed by atoms with Crippen LogP contribution in [0.3, 0.4) is 0 Å². The molecule has 0 bridgehead atoms. The Morgan fingerprint density at radius 1 is 1.16 bits per heavy atom. The third-order valence-corrected chi connectivity index (χ3v) is 6.31. The molecule has 1 aliphatic carbocycles. The Kier molecular flexibility index (Phi) is 6.62. The fourth-order valence-electron chi connectivity index (χ4n) is 3.75. The van der Waals surface area contributed by atoms with Crippen molar-refractivity contribution in [3.63, 3.8) is 0 Å². The molecule has 3 heterocycles. The number of aryl methyl sites for hydroxylation is 1. The lowest BCUT2D eigenvalue weighted by Gasteiger charge is -2.19. The van der Waals surface area contributed by atoms with Crippen LogP contribution >= 0.6 is 0 Å². The summed E-state index contributed by atoms with van der Waals surface area (Å²) in [4.78, 5) is 38.5. The summed E-state index contributed by atoms with van der Waals surface area (Å²) in [5.74, 6) is 0.820. The third kappa shape index (κ3) is 5.54. The van der Waals surface area contributed by atoms with E-state index in [1.165, 1.54) is 6.33 Å². The highest BCUT2D eigenvalue weighted by molar-refractivity contribution is 6.11. The minimum Gasteiger partial charge on any atom is -0.401 e. The number of fused-ring (bicyclic) bond motifs is 1. The van der Waals surface area contributed by atoms with Crippen LogP contribution in [0.4, 0.5) is 11.5 Å². The number of amides is 1. The number of carbonyl (C=O) groups excluding carboxylic acids is 1. The lowest BCUT2D eigenvalue weighted by Crippen LogP contribution is -2.31. The zero-order chi connectivity index (χ0) is 26.9. The maximum atomic E-state index is 13.3. The van der Waals surface area contributed by atoms with E-state index in [-0.39, 0.29) is 17.4 Å². The molecule has 0 saturated heterocycles. The summed E-state index contributed by atoms with van der Waals surface area (Å²) in [5.41, 5.74) is 11.6. The minimum absolute atomic E-state index is 0.232. The van der Waals surface area contributed by atoms with Crippen molar-refractivity contribution in [2.75, 3.05) is 5.32 Å². The summed E-state index contributed by atoms with van der Waals surface area (Å²) in [5, 5.41) is 6.35. The smallest absolute Gasteiger partial charge is 0.256 e. The molecule has 5 N–H and O–H groups in total. The zero-order valence-corrected chi connectivity index (χ0v) is 21.9. The van der Waals surface area contributed by atoms with Crippen molar-refractivity contribution in [1.29, 1.82) is 0 Å².